The van der Waals surface area contributed by atoms with Gasteiger partial charge in [0, 0.05) is 10.2 Å². The first-order chi connectivity index (χ1) is 7.61. The summed E-state index contributed by atoms with van der Waals surface area (Å²) in [5.74, 6) is 0.743. The van der Waals surface area contributed by atoms with Crippen LogP contribution in [0.25, 0.3) is 0 Å². The summed E-state index contributed by atoms with van der Waals surface area (Å²) in [6.07, 6.45) is 3.50. The van der Waals surface area contributed by atoms with Crippen molar-refractivity contribution in [3.8, 4) is 6.07 Å². The van der Waals surface area contributed by atoms with Crippen LogP contribution in [-0.2, 0) is 0 Å². The van der Waals surface area contributed by atoms with E-state index < -0.39 is 5.54 Å². The van der Waals surface area contributed by atoms with E-state index in [4.69, 9.17) is 0 Å². The van der Waals surface area contributed by atoms with Crippen LogP contribution >= 0.6 is 15.9 Å². The average Bonchev–Trinajstić information content (AvgIpc) is 3.05. The van der Waals surface area contributed by atoms with E-state index in [1.54, 1.807) is 0 Å². The van der Waals surface area contributed by atoms with Gasteiger partial charge in [0.15, 0.2) is 0 Å². The second-order valence-corrected chi connectivity index (χ2v) is 5.64. The average molecular weight is 279 g/mol. The molecule has 0 spiro atoms. The zero-order chi connectivity index (χ0) is 11.6. The van der Waals surface area contributed by atoms with E-state index in [0.29, 0.717) is 0 Å². The largest absolute Gasteiger partial charge is 0.368 e. The zero-order valence-corrected chi connectivity index (χ0v) is 10.9. The van der Waals surface area contributed by atoms with E-state index >= 15 is 0 Å². The molecule has 3 heteroatoms. The van der Waals surface area contributed by atoms with E-state index in [2.05, 4.69) is 27.3 Å². The monoisotopic (exact) mass is 278 g/mol. The van der Waals surface area contributed by atoms with Crippen LogP contribution in [0.1, 0.15) is 26.2 Å². The molecule has 1 atom stereocenters. The molecule has 1 fully saturated rings. The molecule has 0 aliphatic heterocycles. The van der Waals surface area contributed by atoms with Gasteiger partial charge in [0.1, 0.15) is 5.54 Å². The molecule has 1 N–H and O–H groups in total. The summed E-state index contributed by atoms with van der Waals surface area (Å²) in [6, 6.07) is 10.3. The molecule has 0 bridgehead atoms. The third-order valence-corrected chi connectivity index (χ3v) is 3.43. The smallest absolute Gasteiger partial charge is 0.122 e. The summed E-state index contributed by atoms with van der Waals surface area (Å²) in [4.78, 5) is 0. The molecule has 0 amide bonds. The van der Waals surface area contributed by atoms with Crippen molar-refractivity contribution in [1.82, 2.24) is 0 Å². The van der Waals surface area contributed by atoms with Crippen LogP contribution in [0.5, 0.6) is 0 Å². The van der Waals surface area contributed by atoms with E-state index in [0.717, 1.165) is 22.5 Å². The highest BCUT2D eigenvalue weighted by Gasteiger charge is 2.33. The fraction of sp³-hybridized carbons (Fsp3) is 0.462. The van der Waals surface area contributed by atoms with E-state index in [1.807, 2.05) is 31.2 Å². The Balaban J connectivity index is 2.05. The molecule has 1 saturated carbocycles. The van der Waals surface area contributed by atoms with Crippen LogP contribution in [0.15, 0.2) is 28.7 Å². The third kappa shape index (κ3) is 2.99. The molecule has 2 nitrogen and oxygen atoms in total. The van der Waals surface area contributed by atoms with Gasteiger partial charge in [-0.05, 0) is 43.5 Å². The second kappa shape index (κ2) is 4.47. The highest BCUT2D eigenvalue weighted by Crippen LogP contribution is 2.37. The highest BCUT2D eigenvalue weighted by atomic mass is 79.9. The van der Waals surface area contributed by atoms with Gasteiger partial charge < -0.3 is 5.32 Å². The number of halogens is 1. The van der Waals surface area contributed by atoms with Crippen LogP contribution in [0.3, 0.4) is 0 Å². The number of benzene rings is 1. The van der Waals surface area contributed by atoms with Crippen molar-refractivity contribution < 1.29 is 0 Å². The van der Waals surface area contributed by atoms with Crippen molar-refractivity contribution >= 4 is 21.6 Å². The Morgan fingerprint density at radius 3 is 2.56 bits per heavy atom. The number of hydrogen-bond acceptors (Lipinski definition) is 2. The van der Waals surface area contributed by atoms with Crippen molar-refractivity contribution in [1.29, 1.82) is 5.26 Å². The van der Waals surface area contributed by atoms with Crippen molar-refractivity contribution in [2.75, 3.05) is 5.32 Å². The SMILES string of the molecule is CC(C#N)(CC1CC1)Nc1ccc(Br)cc1. The minimum Gasteiger partial charge on any atom is -0.368 e. The fourth-order valence-corrected chi connectivity index (χ4v) is 2.14. The van der Waals surface area contributed by atoms with Crippen LogP contribution in [0.2, 0.25) is 0 Å². The summed E-state index contributed by atoms with van der Waals surface area (Å²) in [5.41, 5.74) is 0.572. The van der Waals surface area contributed by atoms with Crippen molar-refractivity contribution in [3.05, 3.63) is 28.7 Å². The molecule has 1 aromatic rings. The highest BCUT2D eigenvalue weighted by molar-refractivity contribution is 9.10. The predicted octanol–water partition coefficient (Wildman–Crippen LogP) is 3.94. The normalized spacial score (nSPS) is 18.6. The summed E-state index contributed by atoms with van der Waals surface area (Å²) in [7, 11) is 0. The summed E-state index contributed by atoms with van der Waals surface area (Å²) in [5, 5.41) is 12.6. The van der Waals surface area contributed by atoms with Gasteiger partial charge in [0.2, 0.25) is 0 Å². The molecule has 16 heavy (non-hydrogen) atoms. The Bertz CT molecular complexity index is 403. The van der Waals surface area contributed by atoms with Crippen molar-refractivity contribution in [2.24, 2.45) is 5.92 Å². The number of anilines is 1. The van der Waals surface area contributed by atoms with Crippen LogP contribution in [0, 0.1) is 17.2 Å². The molecule has 0 aromatic heterocycles. The Morgan fingerprint density at radius 1 is 1.44 bits per heavy atom. The van der Waals surface area contributed by atoms with Gasteiger partial charge >= 0.3 is 0 Å². The maximum absolute atomic E-state index is 9.26. The number of hydrogen-bond donors (Lipinski definition) is 1. The maximum atomic E-state index is 9.26. The minimum atomic E-state index is -0.436. The fourth-order valence-electron chi connectivity index (χ4n) is 1.88. The van der Waals surface area contributed by atoms with Gasteiger partial charge in [-0.1, -0.05) is 28.8 Å². The molecular weight excluding hydrogens is 264 g/mol. The molecule has 0 saturated heterocycles. The van der Waals surface area contributed by atoms with Crippen LogP contribution in [0.4, 0.5) is 5.69 Å². The first kappa shape index (κ1) is 11.5. The van der Waals surface area contributed by atoms with Crippen molar-refractivity contribution in [3.63, 3.8) is 0 Å². The van der Waals surface area contributed by atoms with Gasteiger partial charge in [0.05, 0.1) is 6.07 Å². The Morgan fingerprint density at radius 2 is 2.06 bits per heavy atom. The van der Waals surface area contributed by atoms with E-state index in [-0.39, 0.29) is 0 Å². The predicted molar refractivity (Wildman–Crippen MR) is 69.1 cm³/mol. The Labute approximate surface area is 105 Å². The lowest BCUT2D eigenvalue weighted by molar-refractivity contribution is 0.544. The number of nitrogens with one attached hydrogen (secondary N) is 1. The molecule has 84 valence electrons. The van der Waals surface area contributed by atoms with Crippen LogP contribution in [-0.4, -0.2) is 5.54 Å². The lowest BCUT2D eigenvalue weighted by Crippen LogP contribution is -2.33. The van der Waals surface area contributed by atoms with Gasteiger partial charge in [-0.25, -0.2) is 0 Å². The summed E-state index contributed by atoms with van der Waals surface area (Å²) in [6.45, 7) is 1.98. The lowest BCUT2D eigenvalue weighted by atomic mass is 9.96. The molecule has 0 radical (unpaired) electrons. The van der Waals surface area contributed by atoms with E-state index in [1.165, 1.54) is 12.8 Å². The van der Waals surface area contributed by atoms with Gasteiger partial charge in [-0.3, -0.25) is 0 Å². The van der Waals surface area contributed by atoms with Gasteiger partial charge in [-0.2, -0.15) is 5.26 Å². The topological polar surface area (TPSA) is 35.8 Å². The lowest BCUT2D eigenvalue weighted by Gasteiger charge is -2.24. The maximum Gasteiger partial charge on any atom is 0.122 e. The number of rotatable bonds is 4. The summed E-state index contributed by atoms with van der Waals surface area (Å²) < 4.78 is 1.05. The van der Waals surface area contributed by atoms with E-state index in [9.17, 15) is 5.26 Å². The molecule has 1 aliphatic rings. The second-order valence-electron chi connectivity index (χ2n) is 4.72. The molecule has 0 heterocycles. The van der Waals surface area contributed by atoms with Gasteiger partial charge in [-0.15, -0.1) is 0 Å². The molecule has 1 aliphatic carbocycles. The Hall–Kier alpha value is -1.01. The van der Waals surface area contributed by atoms with Crippen LogP contribution < -0.4 is 5.32 Å². The summed E-state index contributed by atoms with van der Waals surface area (Å²) >= 11 is 3.40. The zero-order valence-electron chi connectivity index (χ0n) is 9.33. The molecule has 2 rings (SSSR count). The third-order valence-electron chi connectivity index (χ3n) is 2.91. The first-order valence-electron chi connectivity index (χ1n) is 5.56. The quantitative estimate of drug-likeness (QED) is 0.906. The molecule has 1 aromatic carbocycles. The van der Waals surface area contributed by atoms with Crippen molar-refractivity contribution in [2.45, 2.75) is 31.7 Å². The molecule has 1 unspecified atom stereocenters. The first-order valence-corrected chi connectivity index (χ1v) is 6.36. The minimum absolute atomic E-state index is 0.436. The Kier molecular flexibility index (Phi) is 3.20. The standard InChI is InChI=1S/C13H15BrN2/c1-13(9-15,8-10-2-3-10)16-12-6-4-11(14)5-7-12/h4-7,10,16H,2-3,8H2,1H3. The molecular formula is C13H15BrN2. The van der Waals surface area contributed by atoms with Gasteiger partial charge in [0.25, 0.3) is 0 Å². The number of nitrogens with zero attached hydrogens (tertiary/aromatic N) is 1. The number of nitriles is 1.